The van der Waals surface area contributed by atoms with Crippen LogP contribution in [0, 0.1) is 4.64 Å². The molecule has 0 spiro atoms. The summed E-state index contributed by atoms with van der Waals surface area (Å²) in [5.41, 5.74) is -0.509. The molecule has 0 fully saturated rings. The molecule has 1 heterocycles. The number of carbonyl (C=O) groups is 1. The van der Waals surface area contributed by atoms with Gasteiger partial charge in [0.05, 0.1) is 0 Å². The molecule has 64 valence electrons. The van der Waals surface area contributed by atoms with E-state index in [1.807, 2.05) is 0 Å². The van der Waals surface area contributed by atoms with Crippen molar-refractivity contribution >= 4 is 18.2 Å². The van der Waals surface area contributed by atoms with E-state index < -0.39 is 11.7 Å². The van der Waals surface area contributed by atoms with Gasteiger partial charge in [-0.3, -0.25) is 14.3 Å². The molecule has 6 heteroatoms. The van der Waals surface area contributed by atoms with E-state index in [1.54, 1.807) is 0 Å². The first-order valence-corrected chi connectivity index (χ1v) is 3.52. The average molecular weight is 186 g/mol. The molecule has 0 saturated carbocycles. The number of aromatic nitrogens is 2. The van der Waals surface area contributed by atoms with Gasteiger partial charge in [0.25, 0.3) is 0 Å². The second kappa shape index (κ2) is 3.31. The van der Waals surface area contributed by atoms with Crippen molar-refractivity contribution in [3.05, 3.63) is 27.4 Å². The number of aliphatic carboxylic acids is 1. The van der Waals surface area contributed by atoms with Crippen molar-refractivity contribution < 1.29 is 9.90 Å². The number of H-pyrrole nitrogens is 1. The highest BCUT2D eigenvalue weighted by Crippen LogP contribution is 1.82. The van der Waals surface area contributed by atoms with Crippen LogP contribution in [0.3, 0.4) is 0 Å². The molecule has 2 N–H and O–H groups in total. The van der Waals surface area contributed by atoms with Crippen molar-refractivity contribution in [2.75, 3.05) is 0 Å². The van der Waals surface area contributed by atoms with E-state index in [0.29, 0.717) is 4.64 Å². The van der Waals surface area contributed by atoms with Gasteiger partial charge < -0.3 is 5.11 Å². The van der Waals surface area contributed by atoms with Crippen LogP contribution in [-0.4, -0.2) is 20.6 Å². The van der Waals surface area contributed by atoms with E-state index in [0.717, 1.165) is 4.57 Å². The maximum atomic E-state index is 11.0. The van der Waals surface area contributed by atoms with Gasteiger partial charge >= 0.3 is 11.7 Å². The molecule has 5 nitrogen and oxygen atoms in total. The van der Waals surface area contributed by atoms with E-state index in [-0.39, 0.29) is 6.54 Å². The van der Waals surface area contributed by atoms with Gasteiger partial charge in [-0.1, -0.05) is 12.2 Å². The lowest BCUT2D eigenvalue weighted by Crippen LogP contribution is -2.25. The summed E-state index contributed by atoms with van der Waals surface area (Å²) in [6, 6.07) is 1.46. The average Bonchev–Trinajstić information content (AvgIpc) is 1.94. The second-order valence-electron chi connectivity index (χ2n) is 2.13. The zero-order chi connectivity index (χ0) is 9.14. The summed E-state index contributed by atoms with van der Waals surface area (Å²) in [4.78, 5) is 23.5. The predicted molar refractivity (Wildman–Crippen MR) is 43.5 cm³/mol. The highest BCUT2D eigenvalue weighted by atomic mass is 32.1. The fourth-order valence-corrected chi connectivity index (χ4v) is 0.863. The number of carboxylic acids is 1. The first-order chi connectivity index (χ1) is 5.59. The van der Waals surface area contributed by atoms with Crippen LogP contribution in [0.4, 0.5) is 0 Å². The predicted octanol–water partition coefficient (Wildman–Crippen LogP) is -0.00951. The minimum atomic E-state index is -1.07. The molecule has 0 aliphatic carbocycles. The third kappa shape index (κ3) is 2.03. The molecule has 0 aliphatic rings. The summed E-state index contributed by atoms with van der Waals surface area (Å²) in [5, 5.41) is 8.36. The molecule has 0 atom stereocenters. The van der Waals surface area contributed by atoms with Crippen LogP contribution >= 0.6 is 12.2 Å². The Morgan fingerprint density at radius 3 is 2.92 bits per heavy atom. The number of hydrogen-bond acceptors (Lipinski definition) is 3. The standard InChI is InChI=1S/C6H6N2O3S/c9-5(10)3-8-2-1-4(12)7-6(8)11/h1-2H,3H2,(H,9,10)(H,7,11,12). The van der Waals surface area contributed by atoms with Crippen molar-refractivity contribution in [3.8, 4) is 0 Å². The highest BCUT2D eigenvalue weighted by molar-refractivity contribution is 7.71. The molecule has 0 bridgehead atoms. The van der Waals surface area contributed by atoms with E-state index in [4.69, 9.17) is 5.11 Å². The molecular weight excluding hydrogens is 180 g/mol. The summed E-state index contributed by atoms with van der Waals surface area (Å²) in [5.74, 6) is -1.07. The smallest absolute Gasteiger partial charge is 0.327 e. The summed E-state index contributed by atoms with van der Waals surface area (Å²) in [7, 11) is 0. The maximum Gasteiger partial charge on any atom is 0.327 e. The third-order valence-corrected chi connectivity index (χ3v) is 1.44. The molecule has 1 aromatic rings. The van der Waals surface area contributed by atoms with Crippen LogP contribution in [0.25, 0.3) is 0 Å². The summed E-state index contributed by atoms with van der Waals surface area (Å²) >= 11 is 4.66. The van der Waals surface area contributed by atoms with Gasteiger partial charge in [0.1, 0.15) is 11.2 Å². The Morgan fingerprint density at radius 1 is 1.75 bits per heavy atom. The molecular formula is C6H6N2O3S. The van der Waals surface area contributed by atoms with Gasteiger partial charge in [-0.05, 0) is 6.07 Å². The highest BCUT2D eigenvalue weighted by Gasteiger charge is 1.99. The van der Waals surface area contributed by atoms with E-state index in [2.05, 4.69) is 17.2 Å². The van der Waals surface area contributed by atoms with Gasteiger partial charge in [0.2, 0.25) is 0 Å². The Morgan fingerprint density at radius 2 is 2.42 bits per heavy atom. The van der Waals surface area contributed by atoms with E-state index >= 15 is 0 Å². The first kappa shape index (κ1) is 8.66. The molecule has 0 unspecified atom stereocenters. The van der Waals surface area contributed by atoms with Crippen LogP contribution in [0.2, 0.25) is 0 Å². The molecule has 0 saturated heterocycles. The second-order valence-corrected chi connectivity index (χ2v) is 2.57. The van der Waals surface area contributed by atoms with Crippen LogP contribution < -0.4 is 5.69 Å². The Hall–Kier alpha value is -1.43. The quantitative estimate of drug-likeness (QED) is 0.637. The maximum absolute atomic E-state index is 11.0. The SMILES string of the molecule is O=C(O)Cn1ccc(=S)[nH]c1=O. The molecule has 0 aromatic carbocycles. The number of hydrogen-bond donors (Lipinski definition) is 2. The fourth-order valence-electron chi connectivity index (χ4n) is 0.714. The van der Waals surface area contributed by atoms with Crippen molar-refractivity contribution in [3.63, 3.8) is 0 Å². The monoisotopic (exact) mass is 186 g/mol. The topological polar surface area (TPSA) is 75.1 Å². The van der Waals surface area contributed by atoms with Crippen molar-refractivity contribution in [2.24, 2.45) is 0 Å². The van der Waals surface area contributed by atoms with Gasteiger partial charge in [-0.25, -0.2) is 4.79 Å². The van der Waals surface area contributed by atoms with E-state index in [9.17, 15) is 9.59 Å². The molecule has 1 aromatic heterocycles. The number of carboxylic acid groups (broad SMARTS) is 1. The van der Waals surface area contributed by atoms with E-state index in [1.165, 1.54) is 12.3 Å². The van der Waals surface area contributed by atoms with Crippen LogP contribution in [0.1, 0.15) is 0 Å². The van der Waals surface area contributed by atoms with Crippen molar-refractivity contribution in [1.29, 1.82) is 0 Å². The molecule has 0 amide bonds. The Balaban J connectivity index is 3.10. The van der Waals surface area contributed by atoms with Gasteiger partial charge in [-0.15, -0.1) is 0 Å². The summed E-state index contributed by atoms with van der Waals surface area (Å²) in [6.07, 6.45) is 1.34. The molecule has 0 aliphatic heterocycles. The molecule has 12 heavy (non-hydrogen) atoms. The number of nitrogens with one attached hydrogen (secondary N) is 1. The zero-order valence-electron chi connectivity index (χ0n) is 5.98. The third-order valence-electron chi connectivity index (χ3n) is 1.20. The minimum absolute atomic E-state index is 0.293. The lowest BCUT2D eigenvalue weighted by molar-refractivity contribution is -0.137. The lowest BCUT2D eigenvalue weighted by Gasteiger charge is -1.98. The van der Waals surface area contributed by atoms with Crippen molar-refractivity contribution in [1.82, 2.24) is 9.55 Å². The summed E-state index contributed by atoms with van der Waals surface area (Å²) < 4.78 is 1.32. The fraction of sp³-hybridized carbons (Fsp3) is 0.167. The number of rotatable bonds is 2. The summed E-state index contributed by atoms with van der Waals surface area (Å²) in [6.45, 7) is -0.356. The molecule has 0 radical (unpaired) electrons. The van der Waals surface area contributed by atoms with Crippen LogP contribution in [0.15, 0.2) is 17.1 Å². The van der Waals surface area contributed by atoms with Gasteiger partial charge in [-0.2, -0.15) is 0 Å². The van der Waals surface area contributed by atoms with Crippen LogP contribution in [-0.2, 0) is 11.3 Å². The minimum Gasteiger partial charge on any atom is -0.480 e. The van der Waals surface area contributed by atoms with Gasteiger partial charge in [0.15, 0.2) is 0 Å². The Bertz CT molecular complexity index is 406. The normalized spacial score (nSPS) is 9.67. The van der Waals surface area contributed by atoms with Crippen LogP contribution in [0.5, 0.6) is 0 Å². The first-order valence-electron chi connectivity index (χ1n) is 3.11. The molecule has 1 rings (SSSR count). The van der Waals surface area contributed by atoms with Crippen molar-refractivity contribution in [2.45, 2.75) is 6.54 Å². The largest absolute Gasteiger partial charge is 0.480 e. The lowest BCUT2D eigenvalue weighted by atomic mass is 10.6. The number of nitrogens with zero attached hydrogens (tertiary/aromatic N) is 1. The zero-order valence-corrected chi connectivity index (χ0v) is 6.80. The Labute approximate surface area is 72.3 Å². The van der Waals surface area contributed by atoms with Gasteiger partial charge in [0, 0.05) is 6.20 Å². The number of aromatic amines is 1. The Kier molecular flexibility index (Phi) is 2.39.